The number of esters is 1. The number of ether oxygens (including phenoxy) is 1. The highest BCUT2D eigenvalue weighted by Gasteiger charge is 2.25. The van der Waals surface area contributed by atoms with Crippen molar-refractivity contribution in [1.82, 2.24) is 5.32 Å². The summed E-state index contributed by atoms with van der Waals surface area (Å²) in [6.07, 6.45) is 3.07. The molecule has 1 aliphatic rings. The number of benzene rings is 2. The Morgan fingerprint density at radius 2 is 1.88 bits per heavy atom. The van der Waals surface area contributed by atoms with Gasteiger partial charge in [0.05, 0.1) is 11.6 Å². The lowest BCUT2D eigenvalue weighted by Gasteiger charge is -2.27. The van der Waals surface area contributed by atoms with Crippen LogP contribution in [0.1, 0.15) is 59.8 Å². The summed E-state index contributed by atoms with van der Waals surface area (Å²) in [4.78, 5) is 24.7. The Morgan fingerprint density at radius 1 is 1.15 bits per heavy atom. The van der Waals surface area contributed by atoms with Gasteiger partial charge in [-0.2, -0.15) is 0 Å². The molecule has 0 bridgehead atoms. The van der Waals surface area contributed by atoms with Gasteiger partial charge in [-0.15, -0.1) is 0 Å². The Hall–Kier alpha value is -2.62. The molecule has 26 heavy (non-hydrogen) atoms. The van der Waals surface area contributed by atoms with Gasteiger partial charge in [-0.25, -0.2) is 4.79 Å². The minimum absolute atomic E-state index is 0.0163. The van der Waals surface area contributed by atoms with Crippen LogP contribution in [0.25, 0.3) is 0 Å². The van der Waals surface area contributed by atoms with E-state index in [4.69, 9.17) is 4.74 Å². The SMILES string of the molecule is CCc1ccc(C(=O)O[C@H](C)C(=O)N[C@@H]2CCCc3ccccc32)cc1. The van der Waals surface area contributed by atoms with Gasteiger partial charge in [0.2, 0.25) is 0 Å². The summed E-state index contributed by atoms with van der Waals surface area (Å²) < 4.78 is 5.35. The molecule has 2 atom stereocenters. The Balaban J connectivity index is 1.60. The maximum absolute atomic E-state index is 12.5. The van der Waals surface area contributed by atoms with E-state index in [9.17, 15) is 9.59 Å². The third-order valence-corrected chi connectivity index (χ3v) is 4.94. The van der Waals surface area contributed by atoms with E-state index in [1.807, 2.05) is 24.3 Å². The maximum Gasteiger partial charge on any atom is 0.338 e. The lowest BCUT2D eigenvalue weighted by molar-refractivity contribution is -0.130. The van der Waals surface area contributed by atoms with Gasteiger partial charge in [0.15, 0.2) is 6.10 Å². The number of hydrogen-bond donors (Lipinski definition) is 1. The highest BCUT2D eigenvalue weighted by atomic mass is 16.5. The van der Waals surface area contributed by atoms with Crippen molar-refractivity contribution in [1.29, 1.82) is 0 Å². The van der Waals surface area contributed by atoms with E-state index >= 15 is 0 Å². The maximum atomic E-state index is 12.5. The third kappa shape index (κ3) is 4.13. The van der Waals surface area contributed by atoms with Gasteiger partial charge < -0.3 is 10.1 Å². The Morgan fingerprint density at radius 3 is 2.62 bits per heavy atom. The lowest BCUT2D eigenvalue weighted by Crippen LogP contribution is -2.39. The Kier molecular flexibility index (Phi) is 5.71. The zero-order valence-electron chi connectivity index (χ0n) is 15.3. The average Bonchev–Trinajstić information content (AvgIpc) is 2.68. The van der Waals surface area contributed by atoms with Crippen LogP contribution in [-0.4, -0.2) is 18.0 Å². The standard InChI is InChI=1S/C22H25NO3/c1-3-16-11-13-18(14-12-16)22(25)26-15(2)21(24)23-20-10-6-8-17-7-4-5-9-19(17)20/h4-5,7,9,11-15,20H,3,6,8,10H2,1-2H3,(H,23,24)/t15-,20-/m1/s1. The first-order valence-corrected chi connectivity index (χ1v) is 9.26. The molecule has 0 spiro atoms. The smallest absolute Gasteiger partial charge is 0.338 e. The van der Waals surface area contributed by atoms with Gasteiger partial charge >= 0.3 is 5.97 Å². The molecule has 3 rings (SSSR count). The monoisotopic (exact) mass is 351 g/mol. The first-order chi connectivity index (χ1) is 12.6. The van der Waals surface area contributed by atoms with E-state index in [-0.39, 0.29) is 11.9 Å². The fraction of sp³-hybridized carbons (Fsp3) is 0.364. The molecule has 0 aliphatic heterocycles. The summed E-state index contributed by atoms with van der Waals surface area (Å²) in [7, 11) is 0. The summed E-state index contributed by atoms with van der Waals surface area (Å²) in [6.45, 7) is 3.67. The van der Waals surface area contributed by atoms with Crippen LogP contribution >= 0.6 is 0 Å². The molecular weight excluding hydrogens is 326 g/mol. The van der Waals surface area contributed by atoms with E-state index in [1.165, 1.54) is 11.1 Å². The van der Waals surface area contributed by atoms with Crippen molar-refractivity contribution in [3.05, 3.63) is 70.8 Å². The molecule has 4 heteroatoms. The molecule has 1 aliphatic carbocycles. The number of carbonyl (C=O) groups excluding carboxylic acids is 2. The fourth-order valence-electron chi connectivity index (χ4n) is 3.35. The van der Waals surface area contributed by atoms with Gasteiger partial charge in [-0.05, 0) is 61.4 Å². The third-order valence-electron chi connectivity index (χ3n) is 4.94. The first kappa shape index (κ1) is 18.2. The molecule has 2 aromatic rings. The van der Waals surface area contributed by atoms with Gasteiger partial charge in [0.25, 0.3) is 5.91 Å². The molecule has 0 fully saturated rings. The van der Waals surface area contributed by atoms with Crippen LogP contribution in [-0.2, 0) is 22.4 Å². The Labute approximate surface area is 154 Å². The molecule has 2 aromatic carbocycles. The van der Waals surface area contributed by atoms with Gasteiger partial charge in [-0.3, -0.25) is 4.79 Å². The summed E-state index contributed by atoms with van der Waals surface area (Å²) in [6, 6.07) is 15.5. The van der Waals surface area contributed by atoms with Gasteiger partial charge in [-0.1, -0.05) is 43.3 Å². The van der Waals surface area contributed by atoms with E-state index < -0.39 is 12.1 Å². The van der Waals surface area contributed by atoms with Crippen molar-refractivity contribution in [3.8, 4) is 0 Å². The van der Waals surface area contributed by atoms with Crippen molar-refractivity contribution in [2.75, 3.05) is 0 Å². The van der Waals surface area contributed by atoms with E-state index in [2.05, 4.69) is 24.4 Å². The van der Waals surface area contributed by atoms with Crippen LogP contribution in [0.4, 0.5) is 0 Å². The molecule has 0 aromatic heterocycles. The molecule has 136 valence electrons. The summed E-state index contributed by atoms with van der Waals surface area (Å²) in [5.41, 5.74) is 4.07. The van der Waals surface area contributed by atoms with E-state index in [1.54, 1.807) is 19.1 Å². The lowest BCUT2D eigenvalue weighted by atomic mass is 9.87. The van der Waals surface area contributed by atoms with Crippen molar-refractivity contribution in [3.63, 3.8) is 0 Å². The molecule has 0 saturated heterocycles. The summed E-state index contributed by atoms with van der Waals surface area (Å²) in [5, 5.41) is 3.03. The normalized spacial score (nSPS) is 17.1. The second-order valence-electron chi connectivity index (χ2n) is 6.75. The predicted molar refractivity (Wildman–Crippen MR) is 101 cm³/mol. The molecular formula is C22H25NO3. The van der Waals surface area contributed by atoms with Crippen LogP contribution in [0.5, 0.6) is 0 Å². The topological polar surface area (TPSA) is 55.4 Å². The highest BCUT2D eigenvalue weighted by Crippen LogP contribution is 2.29. The summed E-state index contributed by atoms with van der Waals surface area (Å²) in [5.74, 6) is -0.732. The minimum Gasteiger partial charge on any atom is -0.449 e. The number of hydrogen-bond acceptors (Lipinski definition) is 3. The number of rotatable bonds is 5. The summed E-state index contributed by atoms with van der Waals surface area (Å²) >= 11 is 0. The minimum atomic E-state index is -0.831. The molecule has 1 amide bonds. The second-order valence-corrected chi connectivity index (χ2v) is 6.75. The van der Waals surface area contributed by atoms with Crippen LogP contribution in [0, 0.1) is 0 Å². The number of nitrogens with one attached hydrogen (secondary N) is 1. The quantitative estimate of drug-likeness (QED) is 0.829. The van der Waals surface area contributed by atoms with Crippen LogP contribution in [0.3, 0.4) is 0 Å². The highest BCUT2D eigenvalue weighted by molar-refractivity contribution is 5.92. The van der Waals surface area contributed by atoms with Crippen LogP contribution < -0.4 is 5.32 Å². The largest absolute Gasteiger partial charge is 0.449 e. The second kappa shape index (κ2) is 8.17. The molecule has 0 saturated carbocycles. The fourth-order valence-corrected chi connectivity index (χ4v) is 3.35. The van der Waals surface area contributed by atoms with Crippen molar-refractivity contribution >= 4 is 11.9 Å². The number of aryl methyl sites for hydroxylation is 2. The van der Waals surface area contributed by atoms with Gasteiger partial charge in [0.1, 0.15) is 0 Å². The predicted octanol–water partition coefficient (Wildman–Crippen LogP) is 3.99. The average molecular weight is 351 g/mol. The van der Waals surface area contributed by atoms with E-state index in [0.29, 0.717) is 5.56 Å². The zero-order valence-corrected chi connectivity index (χ0v) is 15.3. The molecule has 0 unspecified atom stereocenters. The van der Waals surface area contributed by atoms with Crippen LogP contribution in [0.2, 0.25) is 0 Å². The molecule has 4 nitrogen and oxygen atoms in total. The van der Waals surface area contributed by atoms with Crippen LogP contribution in [0.15, 0.2) is 48.5 Å². The van der Waals surface area contributed by atoms with Crippen molar-refractivity contribution in [2.45, 2.75) is 51.7 Å². The number of carbonyl (C=O) groups is 2. The Bertz CT molecular complexity index is 782. The zero-order chi connectivity index (χ0) is 18.5. The molecule has 0 heterocycles. The molecule has 1 N–H and O–H groups in total. The number of fused-ring (bicyclic) bond motifs is 1. The first-order valence-electron chi connectivity index (χ1n) is 9.26. The molecule has 0 radical (unpaired) electrons. The van der Waals surface area contributed by atoms with Gasteiger partial charge in [0, 0.05) is 0 Å². The van der Waals surface area contributed by atoms with Crippen molar-refractivity contribution < 1.29 is 14.3 Å². The van der Waals surface area contributed by atoms with Crippen molar-refractivity contribution in [2.24, 2.45) is 0 Å². The van der Waals surface area contributed by atoms with E-state index in [0.717, 1.165) is 31.2 Å². The number of amides is 1.